The molecule has 0 aliphatic rings. The minimum atomic E-state index is -0.961. The second-order valence-electron chi connectivity index (χ2n) is 5.77. The smallest absolute Gasteiger partial charge is 0.335 e. The number of rotatable bonds is 5. The lowest BCUT2D eigenvalue weighted by Crippen LogP contribution is -2.10. The number of benzene rings is 1. The van der Waals surface area contributed by atoms with Gasteiger partial charge >= 0.3 is 5.97 Å². The molecule has 0 unspecified atom stereocenters. The van der Waals surface area contributed by atoms with Gasteiger partial charge in [-0.05, 0) is 30.3 Å². The van der Waals surface area contributed by atoms with Crippen LogP contribution in [0.5, 0.6) is 0 Å². The van der Waals surface area contributed by atoms with Crippen molar-refractivity contribution in [1.82, 2.24) is 14.5 Å². The first-order valence-corrected chi connectivity index (χ1v) is 7.98. The number of hydrogen-bond donors (Lipinski definition) is 2. The molecule has 3 aromatic heterocycles. The van der Waals surface area contributed by atoms with Crippen molar-refractivity contribution in [2.45, 2.75) is 6.54 Å². The van der Waals surface area contributed by atoms with Gasteiger partial charge in [-0.2, -0.15) is 0 Å². The standard InChI is InChI=1S/C19H16N4O2/c24-19(25)13-3-4-14-16-12-20-6-5-15(16)18(22-17(14)11-13)21-7-10-23-8-1-2-9-23/h1-6,8-9,11-12H,7,10H2,(H,21,22)(H,24,25). The average Bonchev–Trinajstić information content (AvgIpc) is 3.14. The molecule has 4 aromatic rings. The van der Waals surface area contributed by atoms with Crippen LogP contribution < -0.4 is 5.32 Å². The second-order valence-corrected chi connectivity index (χ2v) is 5.77. The highest BCUT2D eigenvalue weighted by molar-refractivity contribution is 6.10. The van der Waals surface area contributed by atoms with Crippen molar-refractivity contribution >= 4 is 33.5 Å². The van der Waals surface area contributed by atoms with Crippen molar-refractivity contribution in [1.29, 1.82) is 0 Å². The normalized spacial score (nSPS) is 11.0. The van der Waals surface area contributed by atoms with Gasteiger partial charge in [0.05, 0.1) is 11.1 Å². The summed E-state index contributed by atoms with van der Waals surface area (Å²) in [5, 5.41) is 15.4. The molecular weight excluding hydrogens is 316 g/mol. The van der Waals surface area contributed by atoms with E-state index in [1.54, 1.807) is 30.6 Å². The molecule has 0 saturated heterocycles. The van der Waals surface area contributed by atoms with Crippen LogP contribution in [-0.4, -0.2) is 32.2 Å². The fraction of sp³-hybridized carbons (Fsp3) is 0.105. The van der Waals surface area contributed by atoms with Crippen molar-refractivity contribution in [3.63, 3.8) is 0 Å². The van der Waals surface area contributed by atoms with Crippen molar-refractivity contribution in [2.75, 3.05) is 11.9 Å². The Bertz CT molecular complexity index is 1060. The summed E-state index contributed by atoms with van der Waals surface area (Å²) in [6, 6.07) is 10.9. The third-order valence-corrected chi connectivity index (χ3v) is 4.17. The minimum Gasteiger partial charge on any atom is -0.478 e. The average molecular weight is 332 g/mol. The number of pyridine rings is 2. The van der Waals surface area contributed by atoms with Crippen LogP contribution in [-0.2, 0) is 6.54 Å². The van der Waals surface area contributed by atoms with E-state index in [2.05, 4.69) is 19.9 Å². The molecule has 4 rings (SSSR count). The van der Waals surface area contributed by atoms with Crippen LogP contribution in [0.1, 0.15) is 10.4 Å². The number of carbonyl (C=O) groups is 1. The van der Waals surface area contributed by atoms with E-state index in [9.17, 15) is 9.90 Å². The van der Waals surface area contributed by atoms with Gasteiger partial charge in [0.15, 0.2) is 0 Å². The van der Waals surface area contributed by atoms with E-state index < -0.39 is 5.97 Å². The fourth-order valence-electron chi connectivity index (χ4n) is 2.94. The van der Waals surface area contributed by atoms with Gasteiger partial charge in [-0.1, -0.05) is 6.07 Å². The van der Waals surface area contributed by atoms with Crippen LogP contribution >= 0.6 is 0 Å². The number of fused-ring (bicyclic) bond motifs is 3. The van der Waals surface area contributed by atoms with E-state index in [-0.39, 0.29) is 5.56 Å². The van der Waals surface area contributed by atoms with E-state index in [0.717, 1.165) is 28.5 Å². The topological polar surface area (TPSA) is 80.0 Å². The van der Waals surface area contributed by atoms with Gasteiger partial charge in [-0.25, -0.2) is 9.78 Å². The highest BCUT2D eigenvalue weighted by Gasteiger charge is 2.11. The number of aromatic nitrogens is 3. The quantitative estimate of drug-likeness (QED) is 0.548. The van der Waals surface area contributed by atoms with Crippen LogP contribution in [0.2, 0.25) is 0 Å². The Morgan fingerprint density at radius 3 is 2.76 bits per heavy atom. The highest BCUT2D eigenvalue weighted by Crippen LogP contribution is 2.29. The predicted octanol–water partition coefficient (Wildman–Crippen LogP) is 3.39. The zero-order valence-corrected chi connectivity index (χ0v) is 13.4. The van der Waals surface area contributed by atoms with Gasteiger partial charge in [-0.3, -0.25) is 4.98 Å². The van der Waals surface area contributed by atoms with Crippen molar-refractivity contribution in [2.24, 2.45) is 0 Å². The summed E-state index contributed by atoms with van der Waals surface area (Å²) in [4.78, 5) is 20.1. The Labute approximate surface area is 143 Å². The van der Waals surface area contributed by atoms with E-state index >= 15 is 0 Å². The van der Waals surface area contributed by atoms with Gasteiger partial charge < -0.3 is 15.0 Å². The molecule has 2 N–H and O–H groups in total. The summed E-state index contributed by atoms with van der Waals surface area (Å²) < 4.78 is 2.08. The molecule has 124 valence electrons. The molecule has 0 radical (unpaired) electrons. The monoisotopic (exact) mass is 332 g/mol. The maximum atomic E-state index is 11.2. The van der Waals surface area contributed by atoms with Crippen LogP contribution in [0.15, 0.2) is 61.2 Å². The van der Waals surface area contributed by atoms with Gasteiger partial charge in [0, 0.05) is 54.0 Å². The van der Waals surface area contributed by atoms with Crippen LogP contribution in [0.4, 0.5) is 5.82 Å². The maximum absolute atomic E-state index is 11.2. The summed E-state index contributed by atoms with van der Waals surface area (Å²) in [5.41, 5.74) is 0.866. The van der Waals surface area contributed by atoms with Crippen LogP contribution in [0, 0.1) is 0 Å². The van der Waals surface area contributed by atoms with Crippen molar-refractivity contribution in [3.05, 3.63) is 66.7 Å². The lowest BCUT2D eigenvalue weighted by atomic mass is 10.1. The largest absolute Gasteiger partial charge is 0.478 e. The molecule has 1 aromatic carbocycles. The molecule has 3 heterocycles. The molecule has 0 aliphatic heterocycles. The number of carboxylic acid groups (broad SMARTS) is 1. The van der Waals surface area contributed by atoms with Crippen molar-refractivity contribution < 1.29 is 9.90 Å². The predicted molar refractivity (Wildman–Crippen MR) is 96.9 cm³/mol. The number of carboxylic acids is 1. The molecule has 0 aliphatic carbocycles. The van der Waals surface area contributed by atoms with Gasteiger partial charge in [0.2, 0.25) is 0 Å². The van der Waals surface area contributed by atoms with E-state index in [1.165, 1.54) is 0 Å². The molecule has 6 nitrogen and oxygen atoms in total. The highest BCUT2D eigenvalue weighted by atomic mass is 16.4. The first-order chi connectivity index (χ1) is 12.2. The minimum absolute atomic E-state index is 0.224. The van der Waals surface area contributed by atoms with E-state index in [4.69, 9.17) is 0 Å². The first-order valence-electron chi connectivity index (χ1n) is 7.98. The van der Waals surface area contributed by atoms with Gasteiger partial charge in [0.1, 0.15) is 5.82 Å². The molecule has 0 fully saturated rings. The Morgan fingerprint density at radius 1 is 1.12 bits per heavy atom. The lowest BCUT2D eigenvalue weighted by molar-refractivity contribution is 0.0697. The van der Waals surface area contributed by atoms with Crippen LogP contribution in [0.25, 0.3) is 21.7 Å². The molecule has 0 saturated carbocycles. The number of anilines is 1. The summed E-state index contributed by atoms with van der Waals surface area (Å²) >= 11 is 0. The molecule has 25 heavy (non-hydrogen) atoms. The van der Waals surface area contributed by atoms with E-state index in [0.29, 0.717) is 12.1 Å². The SMILES string of the molecule is O=C(O)c1ccc2c(c1)nc(NCCn1cccc1)c1ccncc12. The van der Waals surface area contributed by atoms with Gasteiger partial charge in [-0.15, -0.1) is 0 Å². The third-order valence-electron chi connectivity index (χ3n) is 4.17. The Morgan fingerprint density at radius 2 is 1.96 bits per heavy atom. The zero-order valence-electron chi connectivity index (χ0n) is 13.4. The summed E-state index contributed by atoms with van der Waals surface area (Å²) in [5.74, 6) is -0.225. The van der Waals surface area contributed by atoms with Crippen LogP contribution in [0.3, 0.4) is 0 Å². The summed E-state index contributed by atoms with van der Waals surface area (Å²) in [6.45, 7) is 1.53. The zero-order chi connectivity index (χ0) is 17.2. The summed E-state index contributed by atoms with van der Waals surface area (Å²) in [6.07, 6.45) is 7.54. The third kappa shape index (κ3) is 2.89. The summed E-state index contributed by atoms with van der Waals surface area (Å²) in [7, 11) is 0. The number of nitrogens with zero attached hydrogens (tertiary/aromatic N) is 3. The van der Waals surface area contributed by atoms with Gasteiger partial charge in [0.25, 0.3) is 0 Å². The van der Waals surface area contributed by atoms with E-state index in [1.807, 2.05) is 30.6 Å². The lowest BCUT2D eigenvalue weighted by Gasteiger charge is -2.12. The second kappa shape index (κ2) is 6.24. The molecule has 0 spiro atoms. The molecular formula is C19H16N4O2. The Kier molecular flexibility index (Phi) is 3.78. The molecule has 6 heteroatoms. The maximum Gasteiger partial charge on any atom is 0.335 e. The fourth-order valence-corrected chi connectivity index (χ4v) is 2.94. The van der Waals surface area contributed by atoms with Crippen molar-refractivity contribution in [3.8, 4) is 0 Å². The number of hydrogen-bond acceptors (Lipinski definition) is 4. The number of aromatic carboxylic acids is 1. The number of nitrogens with one attached hydrogen (secondary N) is 1. The Hall–Kier alpha value is -3.41. The molecule has 0 amide bonds. The Balaban J connectivity index is 1.76. The molecule has 0 atom stereocenters. The molecule has 0 bridgehead atoms. The first kappa shape index (κ1) is 15.1.